The van der Waals surface area contributed by atoms with Crippen LogP contribution in [-0.2, 0) is 24.4 Å². The molecule has 3 rings (SSSR count). The molecule has 1 saturated heterocycles. The van der Waals surface area contributed by atoms with Gasteiger partial charge < -0.3 is 15.0 Å². The molecule has 0 aliphatic carbocycles. The van der Waals surface area contributed by atoms with Crippen molar-refractivity contribution in [2.75, 3.05) is 32.8 Å². The number of carbonyl (C=O) groups excluding carboxylic acids is 1. The summed E-state index contributed by atoms with van der Waals surface area (Å²) >= 11 is 0. The number of nitrogens with one attached hydrogen (secondary N) is 1. The van der Waals surface area contributed by atoms with Crippen LogP contribution in [0, 0.1) is 0 Å². The summed E-state index contributed by atoms with van der Waals surface area (Å²) in [6.45, 7) is 8.61. The zero-order valence-electron chi connectivity index (χ0n) is 16.8. The third-order valence-corrected chi connectivity index (χ3v) is 4.97. The fourth-order valence-electron chi connectivity index (χ4n) is 3.40. The Kier molecular flexibility index (Phi) is 7.88. The molecule has 0 bridgehead atoms. The van der Waals surface area contributed by atoms with Crippen LogP contribution in [0.4, 0.5) is 4.79 Å². The second-order valence-electron chi connectivity index (χ2n) is 7.27. The molecule has 5 heteroatoms. The van der Waals surface area contributed by atoms with Crippen LogP contribution < -0.4 is 5.32 Å². The van der Waals surface area contributed by atoms with E-state index in [1.54, 1.807) is 0 Å². The SMILES string of the molecule is CCCN(Cc1ccccc1)C(=O)NCc1ccc(CN2CCOCC2)cc1. The van der Waals surface area contributed by atoms with Gasteiger partial charge in [-0.25, -0.2) is 4.79 Å². The number of rotatable bonds is 8. The van der Waals surface area contributed by atoms with Gasteiger partial charge in [-0.05, 0) is 23.1 Å². The maximum absolute atomic E-state index is 12.6. The average Bonchev–Trinajstić information content (AvgIpc) is 2.74. The smallest absolute Gasteiger partial charge is 0.317 e. The Bertz CT molecular complexity index is 712. The Morgan fingerprint density at radius 3 is 2.36 bits per heavy atom. The summed E-state index contributed by atoms with van der Waals surface area (Å²) in [5.74, 6) is 0. The standard InChI is InChI=1S/C23H31N3O2/c1-2-12-26(19-21-6-4-3-5-7-21)23(27)24-17-20-8-10-22(11-9-20)18-25-13-15-28-16-14-25/h3-11H,2,12-19H2,1H3,(H,24,27). The van der Waals surface area contributed by atoms with Gasteiger partial charge in [-0.2, -0.15) is 0 Å². The highest BCUT2D eigenvalue weighted by molar-refractivity contribution is 5.74. The van der Waals surface area contributed by atoms with Gasteiger partial charge in [-0.15, -0.1) is 0 Å². The van der Waals surface area contributed by atoms with E-state index in [9.17, 15) is 4.79 Å². The normalized spacial score (nSPS) is 14.6. The minimum atomic E-state index is -0.0110. The van der Waals surface area contributed by atoms with E-state index in [1.807, 2.05) is 23.1 Å². The van der Waals surface area contributed by atoms with Crippen molar-refractivity contribution >= 4 is 6.03 Å². The maximum Gasteiger partial charge on any atom is 0.317 e. The fourth-order valence-corrected chi connectivity index (χ4v) is 3.40. The van der Waals surface area contributed by atoms with Gasteiger partial charge in [0.15, 0.2) is 0 Å². The molecule has 0 radical (unpaired) electrons. The Morgan fingerprint density at radius 1 is 1.00 bits per heavy atom. The van der Waals surface area contributed by atoms with Gasteiger partial charge in [0.1, 0.15) is 0 Å². The zero-order valence-corrected chi connectivity index (χ0v) is 16.8. The van der Waals surface area contributed by atoms with E-state index < -0.39 is 0 Å². The number of nitrogens with zero attached hydrogens (tertiary/aromatic N) is 2. The molecule has 2 aromatic carbocycles. The predicted molar refractivity (Wildman–Crippen MR) is 112 cm³/mol. The molecule has 28 heavy (non-hydrogen) atoms. The number of hydrogen-bond donors (Lipinski definition) is 1. The summed E-state index contributed by atoms with van der Waals surface area (Å²) in [4.78, 5) is 16.9. The van der Waals surface area contributed by atoms with Crippen molar-refractivity contribution in [3.63, 3.8) is 0 Å². The van der Waals surface area contributed by atoms with Crippen molar-refractivity contribution in [1.29, 1.82) is 0 Å². The highest BCUT2D eigenvalue weighted by atomic mass is 16.5. The lowest BCUT2D eigenvalue weighted by atomic mass is 10.1. The third kappa shape index (κ3) is 6.36. The molecule has 1 aliphatic rings. The molecular weight excluding hydrogens is 350 g/mol. The van der Waals surface area contributed by atoms with E-state index >= 15 is 0 Å². The van der Waals surface area contributed by atoms with Crippen LogP contribution in [-0.4, -0.2) is 48.7 Å². The molecule has 0 spiro atoms. The minimum absolute atomic E-state index is 0.0110. The van der Waals surface area contributed by atoms with Gasteiger partial charge in [-0.3, -0.25) is 4.90 Å². The Balaban J connectivity index is 1.49. The summed E-state index contributed by atoms with van der Waals surface area (Å²) < 4.78 is 5.40. The molecule has 5 nitrogen and oxygen atoms in total. The summed E-state index contributed by atoms with van der Waals surface area (Å²) in [7, 11) is 0. The third-order valence-electron chi connectivity index (χ3n) is 4.97. The molecule has 1 fully saturated rings. The van der Waals surface area contributed by atoms with Crippen LogP contribution in [0.5, 0.6) is 0 Å². The molecule has 1 N–H and O–H groups in total. The first-order valence-corrected chi connectivity index (χ1v) is 10.2. The fraction of sp³-hybridized carbons (Fsp3) is 0.435. The lowest BCUT2D eigenvalue weighted by Crippen LogP contribution is -2.39. The molecule has 150 valence electrons. The molecule has 0 atom stereocenters. The monoisotopic (exact) mass is 381 g/mol. The topological polar surface area (TPSA) is 44.8 Å². The Morgan fingerprint density at radius 2 is 1.68 bits per heavy atom. The molecule has 2 amide bonds. The average molecular weight is 382 g/mol. The predicted octanol–water partition coefficient (Wildman–Crippen LogP) is 3.64. The second-order valence-corrected chi connectivity index (χ2v) is 7.27. The van der Waals surface area contributed by atoms with Crippen molar-refractivity contribution in [2.45, 2.75) is 33.0 Å². The molecular formula is C23H31N3O2. The van der Waals surface area contributed by atoms with Gasteiger partial charge in [-0.1, -0.05) is 61.5 Å². The van der Waals surface area contributed by atoms with Crippen LogP contribution in [0.25, 0.3) is 0 Å². The Hall–Kier alpha value is -2.37. The van der Waals surface area contributed by atoms with Crippen molar-refractivity contribution in [3.05, 3.63) is 71.3 Å². The van der Waals surface area contributed by atoms with Crippen molar-refractivity contribution < 1.29 is 9.53 Å². The van der Waals surface area contributed by atoms with E-state index in [2.05, 4.69) is 53.5 Å². The number of amides is 2. The zero-order chi connectivity index (χ0) is 19.6. The van der Waals surface area contributed by atoms with Crippen LogP contribution in [0.15, 0.2) is 54.6 Å². The van der Waals surface area contributed by atoms with Gasteiger partial charge in [0.2, 0.25) is 0 Å². The van der Waals surface area contributed by atoms with Gasteiger partial charge in [0.25, 0.3) is 0 Å². The maximum atomic E-state index is 12.6. The lowest BCUT2D eigenvalue weighted by Gasteiger charge is -2.26. The van der Waals surface area contributed by atoms with Crippen LogP contribution in [0.3, 0.4) is 0 Å². The number of hydrogen-bond acceptors (Lipinski definition) is 3. The first-order valence-electron chi connectivity index (χ1n) is 10.2. The van der Waals surface area contributed by atoms with E-state index in [4.69, 9.17) is 4.74 Å². The summed E-state index contributed by atoms with van der Waals surface area (Å²) in [6, 6.07) is 18.7. The summed E-state index contributed by atoms with van der Waals surface area (Å²) in [6.07, 6.45) is 0.941. The van der Waals surface area contributed by atoms with Gasteiger partial charge in [0, 0.05) is 39.3 Å². The first kappa shape index (κ1) is 20.4. The molecule has 2 aromatic rings. The summed E-state index contributed by atoms with van der Waals surface area (Å²) in [5, 5.41) is 3.06. The largest absolute Gasteiger partial charge is 0.379 e. The molecule has 0 saturated carbocycles. The number of ether oxygens (including phenoxy) is 1. The number of urea groups is 1. The number of carbonyl (C=O) groups is 1. The second kappa shape index (κ2) is 10.8. The van der Waals surface area contributed by atoms with Crippen molar-refractivity contribution in [1.82, 2.24) is 15.1 Å². The lowest BCUT2D eigenvalue weighted by molar-refractivity contribution is 0.0342. The Labute approximate surface area is 168 Å². The minimum Gasteiger partial charge on any atom is -0.379 e. The molecule has 1 heterocycles. The molecule has 0 aromatic heterocycles. The van der Waals surface area contributed by atoms with Gasteiger partial charge in [0.05, 0.1) is 13.2 Å². The van der Waals surface area contributed by atoms with Crippen molar-refractivity contribution in [3.8, 4) is 0 Å². The molecule has 1 aliphatic heterocycles. The van der Waals surface area contributed by atoms with Gasteiger partial charge >= 0.3 is 6.03 Å². The van der Waals surface area contributed by atoms with Crippen LogP contribution in [0.2, 0.25) is 0 Å². The summed E-state index contributed by atoms with van der Waals surface area (Å²) in [5.41, 5.74) is 3.57. The van der Waals surface area contributed by atoms with Crippen LogP contribution >= 0.6 is 0 Å². The molecule has 0 unspecified atom stereocenters. The van der Waals surface area contributed by atoms with E-state index in [-0.39, 0.29) is 6.03 Å². The quantitative estimate of drug-likeness (QED) is 0.759. The highest BCUT2D eigenvalue weighted by Gasteiger charge is 2.13. The highest BCUT2D eigenvalue weighted by Crippen LogP contribution is 2.10. The van der Waals surface area contributed by atoms with E-state index in [0.29, 0.717) is 13.1 Å². The first-order chi connectivity index (χ1) is 13.7. The number of morpholine rings is 1. The van der Waals surface area contributed by atoms with Crippen molar-refractivity contribution in [2.24, 2.45) is 0 Å². The van der Waals surface area contributed by atoms with E-state index in [0.717, 1.165) is 56.9 Å². The number of benzene rings is 2. The van der Waals surface area contributed by atoms with E-state index in [1.165, 1.54) is 5.56 Å². The van der Waals surface area contributed by atoms with Crippen LogP contribution in [0.1, 0.15) is 30.0 Å².